The Morgan fingerprint density at radius 2 is 2.04 bits per heavy atom. The van der Waals surface area contributed by atoms with E-state index >= 15 is 0 Å². The molecule has 1 N–H and O–H groups in total. The van der Waals surface area contributed by atoms with Crippen LogP contribution in [0.5, 0.6) is 0 Å². The van der Waals surface area contributed by atoms with Crippen molar-refractivity contribution in [3.63, 3.8) is 0 Å². The lowest BCUT2D eigenvalue weighted by atomic mass is 10.00. The normalized spacial score (nSPS) is 17.7. The molecule has 1 amide bonds. The molecular formula is C18H22ClN3O. The summed E-state index contributed by atoms with van der Waals surface area (Å²) in [6, 6.07) is 12.2. The summed E-state index contributed by atoms with van der Waals surface area (Å²) in [5.41, 5.74) is 2.39. The Balaban J connectivity index is 1.86. The fraction of sp³-hybridized carbons (Fsp3) is 0.389. The van der Waals surface area contributed by atoms with E-state index in [-0.39, 0.29) is 11.9 Å². The first-order valence-corrected chi connectivity index (χ1v) is 8.48. The standard InChI is InChI=1S/C18H22ClN3O/c1-2-9-20-17(23)13-22-12-11-21-10-3-4-16(21)18(22)14-5-7-15(19)8-6-14/h3-8,10,18H,2,9,11-13H2,1H3,(H,20,23). The monoisotopic (exact) mass is 331 g/mol. The zero-order valence-electron chi connectivity index (χ0n) is 13.3. The van der Waals surface area contributed by atoms with Crippen molar-refractivity contribution in [2.45, 2.75) is 25.9 Å². The van der Waals surface area contributed by atoms with Gasteiger partial charge in [0.1, 0.15) is 0 Å². The third-order valence-electron chi connectivity index (χ3n) is 4.24. The molecule has 2 heterocycles. The molecule has 3 rings (SSSR count). The molecule has 1 aliphatic rings. The fourth-order valence-electron chi connectivity index (χ4n) is 3.13. The molecule has 0 saturated heterocycles. The van der Waals surface area contributed by atoms with Crippen molar-refractivity contribution < 1.29 is 4.79 Å². The van der Waals surface area contributed by atoms with E-state index in [1.54, 1.807) is 0 Å². The summed E-state index contributed by atoms with van der Waals surface area (Å²) in [6.07, 6.45) is 3.06. The number of hydrogen-bond acceptors (Lipinski definition) is 2. The van der Waals surface area contributed by atoms with Gasteiger partial charge < -0.3 is 9.88 Å². The Morgan fingerprint density at radius 3 is 2.78 bits per heavy atom. The minimum Gasteiger partial charge on any atom is -0.355 e. The highest BCUT2D eigenvalue weighted by molar-refractivity contribution is 6.30. The number of nitrogens with one attached hydrogen (secondary N) is 1. The number of nitrogens with zero attached hydrogens (tertiary/aromatic N) is 2. The molecule has 0 aliphatic carbocycles. The summed E-state index contributed by atoms with van der Waals surface area (Å²) in [5.74, 6) is 0.0887. The molecular weight excluding hydrogens is 310 g/mol. The van der Waals surface area contributed by atoms with E-state index in [1.165, 1.54) is 5.69 Å². The van der Waals surface area contributed by atoms with E-state index in [4.69, 9.17) is 11.6 Å². The molecule has 1 aliphatic heterocycles. The molecule has 0 spiro atoms. The lowest BCUT2D eigenvalue weighted by Crippen LogP contribution is -2.44. The number of aromatic nitrogens is 1. The maximum absolute atomic E-state index is 12.2. The van der Waals surface area contributed by atoms with Crippen molar-refractivity contribution in [3.8, 4) is 0 Å². The summed E-state index contributed by atoms with van der Waals surface area (Å²) in [5, 5.41) is 3.70. The van der Waals surface area contributed by atoms with Crippen molar-refractivity contribution in [1.29, 1.82) is 0 Å². The lowest BCUT2D eigenvalue weighted by molar-refractivity contribution is -0.122. The third kappa shape index (κ3) is 3.59. The quantitative estimate of drug-likeness (QED) is 0.914. The number of hydrogen-bond donors (Lipinski definition) is 1. The highest BCUT2D eigenvalue weighted by atomic mass is 35.5. The van der Waals surface area contributed by atoms with Gasteiger partial charge in [-0.3, -0.25) is 9.69 Å². The van der Waals surface area contributed by atoms with Crippen molar-refractivity contribution in [2.24, 2.45) is 0 Å². The summed E-state index contributed by atoms with van der Waals surface area (Å²) in [6.45, 7) is 4.97. The van der Waals surface area contributed by atoms with Gasteiger partial charge in [0.2, 0.25) is 5.91 Å². The van der Waals surface area contributed by atoms with Crippen LogP contribution < -0.4 is 5.32 Å². The molecule has 0 radical (unpaired) electrons. The zero-order chi connectivity index (χ0) is 16.2. The molecule has 1 aromatic heterocycles. The first kappa shape index (κ1) is 16.1. The maximum atomic E-state index is 12.2. The number of carbonyl (C=O) groups excluding carboxylic acids is 1. The molecule has 0 bridgehead atoms. The average molecular weight is 332 g/mol. The average Bonchev–Trinajstić information content (AvgIpc) is 3.02. The Labute approximate surface area is 142 Å². The second kappa shape index (κ2) is 7.20. The highest BCUT2D eigenvalue weighted by Gasteiger charge is 2.29. The lowest BCUT2D eigenvalue weighted by Gasteiger charge is -2.36. The Bertz CT molecular complexity index is 665. The summed E-state index contributed by atoms with van der Waals surface area (Å²) >= 11 is 6.02. The molecule has 4 nitrogen and oxygen atoms in total. The predicted octanol–water partition coefficient (Wildman–Crippen LogP) is 3.07. The van der Waals surface area contributed by atoms with Crippen molar-refractivity contribution in [2.75, 3.05) is 19.6 Å². The van der Waals surface area contributed by atoms with Gasteiger partial charge in [-0.15, -0.1) is 0 Å². The van der Waals surface area contributed by atoms with E-state index in [9.17, 15) is 4.79 Å². The Hall–Kier alpha value is -1.78. The van der Waals surface area contributed by atoms with Crippen LogP contribution in [-0.2, 0) is 11.3 Å². The van der Waals surface area contributed by atoms with Crippen LogP contribution in [0.15, 0.2) is 42.6 Å². The van der Waals surface area contributed by atoms with E-state index in [2.05, 4.69) is 40.0 Å². The molecule has 2 aromatic rings. The molecule has 5 heteroatoms. The molecule has 1 unspecified atom stereocenters. The largest absolute Gasteiger partial charge is 0.355 e. The van der Waals surface area contributed by atoms with Gasteiger partial charge in [-0.2, -0.15) is 0 Å². The number of rotatable bonds is 5. The number of amides is 1. The molecule has 23 heavy (non-hydrogen) atoms. The number of fused-ring (bicyclic) bond motifs is 1. The van der Waals surface area contributed by atoms with Crippen LogP contribution in [0.25, 0.3) is 0 Å². The second-order valence-electron chi connectivity index (χ2n) is 5.90. The van der Waals surface area contributed by atoms with Crippen LogP contribution in [0.3, 0.4) is 0 Å². The van der Waals surface area contributed by atoms with Crippen molar-refractivity contribution in [3.05, 3.63) is 58.9 Å². The van der Waals surface area contributed by atoms with E-state index in [1.807, 2.05) is 24.3 Å². The first-order chi connectivity index (χ1) is 11.2. The van der Waals surface area contributed by atoms with Gasteiger partial charge in [0.25, 0.3) is 0 Å². The van der Waals surface area contributed by atoms with E-state index in [0.29, 0.717) is 6.54 Å². The highest BCUT2D eigenvalue weighted by Crippen LogP contribution is 2.32. The van der Waals surface area contributed by atoms with Gasteiger partial charge in [0.15, 0.2) is 0 Å². The summed E-state index contributed by atoms with van der Waals surface area (Å²) < 4.78 is 2.26. The van der Waals surface area contributed by atoms with Gasteiger partial charge >= 0.3 is 0 Å². The SMILES string of the molecule is CCCNC(=O)CN1CCn2cccc2C1c1ccc(Cl)cc1. The molecule has 1 atom stereocenters. The van der Waals surface area contributed by atoms with Gasteiger partial charge in [-0.05, 0) is 36.2 Å². The van der Waals surface area contributed by atoms with Crippen LogP contribution in [0, 0.1) is 0 Å². The van der Waals surface area contributed by atoms with Crippen molar-refractivity contribution in [1.82, 2.24) is 14.8 Å². The van der Waals surface area contributed by atoms with Crippen LogP contribution in [-0.4, -0.2) is 35.0 Å². The summed E-state index contributed by atoms with van der Waals surface area (Å²) in [7, 11) is 0. The third-order valence-corrected chi connectivity index (χ3v) is 4.49. The molecule has 0 saturated carbocycles. The molecule has 0 fully saturated rings. The van der Waals surface area contributed by atoms with Crippen LogP contribution >= 0.6 is 11.6 Å². The van der Waals surface area contributed by atoms with Gasteiger partial charge in [0, 0.05) is 36.5 Å². The van der Waals surface area contributed by atoms with Crippen LogP contribution in [0.4, 0.5) is 0 Å². The zero-order valence-corrected chi connectivity index (χ0v) is 14.1. The number of carbonyl (C=O) groups is 1. The predicted molar refractivity (Wildman–Crippen MR) is 92.6 cm³/mol. The molecule has 122 valence electrons. The topological polar surface area (TPSA) is 37.3 Å². The smallest absolute Gasteiger partial charge is 0.234 e. The van der Waals surface area contributed by atoms with Gasteiger partial charge in [-0.1, -0.05) is 30.7 Å². The van der Waals surface area contributed by atoms with E-state index in [0.717, 1.165) is 36.6 Å². The number of halogens is 1. The first-order valence-electron chi connectivity index (χ1n) is 8.10. The van der Waals surface area contributed by atoms with Crippen LogP contribution in [0.1, 0.15) is 30.6 Å². The minimum absolute atomic E-state index is 0.0865. The van der Waals surface area contributed by atoms with Gasteiger partial charge in [0.05, 0.1) is 12.6 Å². The van der Waals surface area contributed by atoms with Crippen molar-refractivity contribution >= 4 is 17.5 Å². The summed E-state index contributed by atoms with van der Waals surface area (Å²) in [4.78, 5) is 14.4. The Kier molecular flexibility index (Phi) is 5.03. The minimum atomic E-state index is 0.0865. The van der Waals surface area contributed by atoms with Crippen LogP contribution in [0.2, 0.25) is 5.02 Å². The number of benzene rings is 1. The molecule has 1 aromatic carbocycles. The fourth-order valence-corrected chi connectivity index (χ4v) is 3.26. The second-order valence-corrected chi connectivity index (χ2v) is 6.34. The van der Waals surface area contributed by atoms with Gasteiger partial charge in [-0.25, -0.2) is 0 Å². The Morgan fingerprint density at radius 1 is 1.26 bits per heavy atom. The van der Waals surface area contributed by atoms with E-state index < -0.39 is 0 Å². The maximum Gasteiger partial charge on any atom is 0.234 e.